The summed E-state index contributed by atoms with van der Waals surface area (Å²) < 4.78 is 5.50. The first-order chi connectivity index (χ1) is 7.84. The van der Waals surface area contributed by atoms with Gasteiger partial charge in [0, 0.05) is 37.7 Å². The Hall–Kier alpha value is -0.450. The lowest BCUT2D eigenvalue weighted by Crippen LogP contribution is -2.37. The molecule has 2 heterocycles. The van der Waals surface area contributed by atoms with Crippen molar-refractivity contribution in [3.8, 4) is 0 Å². The lowest BCUT2D eigenvalue weighted by atomic mass is 10.4. The maximum atomic E-state index is 5.50. The second-order valence-corrected chi connectivity index (χ2v) is 5.37. The van der Waals surface area contributed by atoms with Crippen molar-refractivity contribution in [2.45, 2.75) is 13.5 Å². The molecule has 2 rings (SSSR count). The number of nitrogens with one attached hydrogen (secondary N) is 1. The van der Waals surface area contributed by atoms with Crippen molar-refractivity contribution < 1.29 is 4.42 Å². The van der Waals surface area contributed by atoms with E-state index in [9.17, 15) is 0 Å². The molecule has 1 aliphatic rings. The molecule has 0 radical (unpaired) electrons. The molecule has 0 aliphatic carbocycles. The van der Waals surface area contributed by atoms with Gasteiger partial charge in [-0.15, -0.1) is 0 Å². The molecular formula is C12H20N2OS. The lowest BCUT2D eigenvalue weighted by molar-refractivity contribution is 0.299. The summed E-state index contributed by atoms with van der Waals surface area (Å²) in [6, 6.07) is 4.05. The zero-order valence-corrected chi connectivity index (χ0v) is 10.7. The third-order valence-electron chi connectivity index (χ3n) is 2.80. The third-order valence-corrected chi connectivity index (χ3v) is 3.75. The van der Waals surface area contributed by atoms with Crippen molar-refractivity contribution in [2.24, 2.45) is 0 Å². The molecule has 3 nitrogen and oxygen atoms in total. The summed E-state index contributed by atoms with van der Waals surface area (Å²) in [5, 5.41) is 3.42. The van der Waals surface area contributed by atoms with E-state index >= 15 is 0 Å². The summed E-state index contributed by atoms with van der Waals surface area (Å²) in [7, 11) is 0. The van der Waals surface area contributed by atoms with Crippen molar-refractivity contribution in [2.75, 3.05) is 37.7 Å². The molecule has 1 aromatic heterocycles. The maximum absolute atomic E-state index is 5.50. The van der Waals surface area contributed by atoms with Crippen LogP contribution in [0.25, 0.3) is 0 Å². The molecule has 4 heteroatoms. The van der Waals surface area contributed by atoms with Crippen LogP contribution in [0, 0.1) is 6.92 Å². The minimum absolute atomic E-state index is 0.844. The van der Waals surface area contributed by atoms with E-state index in [0.717, 1.165) is 31.2 Å². The van der Waals surface area contributed by atoms with Crippen molar-refractivity contribution in [1.29, 1.82) is 0 Å². The molecule has 0 amide bonds. The van der Waals surface area contributed by atoms with E-state index in [-0.39, 0.29) is 0 Å². The molecule has 0 bridgehead atoms. The highest BCUT2D eigenvalue weighted by Gasteiger charge is 2.09. The Morgan fingerprint density at radius 3 is 2.88 bits per heavy atom. The van der Waals surface area contributed by atoms with Gasteiger partial charge in [0.15, 0.2) is 0 Å². The van der Waals surface area contributed by atoms with Gasteiger partial charge in [-0.3, -0.25) is 0 Å². The van der Waals surface area contributed by atoms with Gasteiger partial charge >= 0.3 is 0 Å². The summed E-state index contributed by atoms with van der Waals surface area (Å²) in [4.78, 5) is 2.52. The smallest absolute Gasteiger partial charge is 0.117 e. The van der Waals surface area contributed by atoms with Crippen LogP contribution in [0.15, 0.2) is 16.5 Å². The number of hydrogen-bond acceptors (Lipinski definition) is 4. The van der Waals surface area contributed by atoms with E-state index in [2.05, 4.69) is 22.0 Å². The van der Waals surface area contributed by atoms with E-state index in [1.54, 1.807) is 0 Å². The first-order valence-corrected chi connectivity index (χ1v) is 7.06. The van der Waals surface area contributed by atoms with Gasteiger partial charge in [0.1, 0.15) is 11.5 Å². The molecule has 1 aliphatic heterocycles. The zero-order chi connectivity index (χ0) is 11.2. The van der Waals surface area contributed by atoms with E-state index in [0.29, 0.717) is 0 Å². The Kier molecular flexibility index (Phi) is 4.75. The van der Waals surface area contributed by atoms with Crippen molar-refractivity contribution >= 4 is 11.8 Å². The van der Waals surface area contributed by atoms with E-state index < -0.39 is 0 Å². The highest BCUT2D eigenvalue weighted by atomic mass is 32.2. The van der Waals surface area contributed by atoms with Crippen molar-refractivity contribution in [1.82, 2.24) is 10.2 Å². The Bertz CT molecular complexity index is 308. The van der Waals surface area contributed by atoms with Gasteiger partial charge in [0.05, 0.1) is 6.54 Å². The number of nitrogens with zero attached hydrogens (tertiary/aromatic N) is 1. The van der Waals surface area contributed by atoms with Gasteiger partial charge in [-0.05, 0) is 19.1 Å². The molecule has 0 aromatic carbocycles. The van der Waals surface area contributed by atoms with Crippen LogP contribution in [0.2, 0.25) is 0 Å². The van der Waals surface area contributed by atoms with E-state index in [4.69, 9.17) is 4.42 Å². The molecule has 0 unspecified atom stereocenters. The first kappa shape index (κ1) is 12.0. The number of furan rings is 1. The van der Waals surface area contributed by atoms with Gasteiger partial charge < -0.3 is 14.6 Å². The largest absolute Gasteiger partial charge is 0.465 e. The van der Waals surface area contributed by atoms with Crippen LogP contribution in [-0.4, -0.2) is 42.6 Å². The van der Waals surface area contributed by atoms with Crippen LogP contribution in [0.4, 0.5) is 0 Å². The minimum atomic E-state index is 0.844. The molecule has 1 aromatic rings. The molecule has 0 atom stereocenters. The Morgan fingerprint density at radius 2 is 2.19 bits per heavy atom. The number of aryl methyl sites for hydroxylation is 1. The second kappa shape index (κ2) is 6.33. The van der Waals surface area contributed by atoms with E-state index in [1.807, 2.05) is 19.1 Å². The summed E-state index contributed by atoms with van der Waals surface area (Å²) in [6.45, 7) is 7.51. The number of rotatable bonds is 5. The molecule has 0 saturated carbocycles. The van der Waals surface area contributed by atoms with E-state index in [1.165, 1.54) is 24.6 Å². The minimum Gasteiger partial charge on any atom is -0.465 e. The van der Waals surface area contributed by atoms with Crippen LogP contribution in [0.5, 0.6) is 0 Å². The Balaban J connectivity index is 1.57. The number of hydrogen-bond donors (Lipinski definition) is 1. The highest BCUT2D eigenvalue weighted by molar-refractivity contribution is 7.99. The average Bonchev–Trinajstić information content (AvgIpc) is 2.72. The van der Waals surface area contributed by atoms with Crippen molar-refractivity contribution in [3.63, 3.8) is 0 Å². The third kappa shape index (κ3) is 3.85. The topological polar surface area (TPSA) is 28.4 Å². The van der Waals surface area contributed by atoms with Crippen LogP contribution in [0.3, 0.4) is 0 Å². The van der Waals surface area contributed by atoms with Gasteiger partial charge in [0.2, 0.25) is 0 Å². The molecule has 0 spiro atoms. The standard InChI is InChI=1S/C12H20N2OS/c1-11-2-3-12(15-11)10-13-4-5-14-6-8-16-9-7-14/h2-3,13H,4-10H2,1H3. The van der Waals surface area contributed by atoms with Gasteiger partial charge in [-0.1, -0.05) is 0 Å². The summed E-state index contributed by atoms with van der Waals surface area (Å²) in [5.41, 5.74) is 0. The molecule has 1 fully saturated rings. The summed E-state index contributed by atoms with van der Waals surface area (Å²) in [6.07, 6.45) is 0. The Labute approximate surface area is 102 Å². The summed E-state index contributed by atoms with van der Waals surface area (Å²) >= 11 is 2.06. The van der Waals surface area contributed by atoms with Gasteiger partial charge in [-0.2, -0.15) is 11.8 Å². The second-order valence-electron chi connectivity index (χ2n) is 4.14. The van der Waals surface area contributed by atoms with Crippen LogP contribution < -0.4 is 5.32 Å². The lowest BCUT2D eigenvalue weighted by Gasteiger charge is -2.25. The monoisotopic (exact) mass is 240 g/mol. The zero-order valence-electron chi connectivity index (χ0n) is 9.87. The summed E-state index contributed by atoms with van der Waals surface area (Å²) in [5.74, 6) is 4.60. The fourth-order valence-corrected chi connectivity index (χ4v) is 2.83. The molecule has 1 N–H and O–H groups in total. The molecule has 16 heavy (non-hydrogen) atoms. The number of thioether (sulfide) groups is 1. The normalized spacial score (nSPS) is 17.8. The average molecular weight is 240 g/mol. The maximum Gasteiger partial charge on any atom is 0.117 e. The Morgan fingerprint density at radius 1 is 1.38 bits per heavy atom. The van der Waals surface area contributed by atoms with Crippen molar-refractivity contribution in [3.05, 3.63) is 23.7 Å². The molecule has 1 saturated heterocycles. The van der Waals surface area contributed by atoms with Crippen LogP contribution in [0.1, 0.15) is 11.5 Å². The van der Waals surface area contributed by atoms with Crippen LogP contribution >= 0.6 is 11.8 Å². The fourth-order valence-electron chi connectivity index (χ4n) is 1.85. The first-order valence-electron chi connectivity index (χ1n) is 5.91. The SMILES string of the molecule is Cc1ccc(CNCCN2CCSCC2)o1. The fraction of sp³-hybridized carbons (Fsp3) is 0.667. The predicted molar refractivity (Wildman–Crippen MR) is 68.9 cm³/mol. The van der Waals surface area contributed by atoms with Gasteiger partial charge in [-0.25, -0.2) is 0 Å². The van der Waals surface area contributed by atoms with Gasteiger partial charge in [0.25, 0.3) is 0 Å². The van der Waals surface area contributed by atoms with Crippen LogP contribution in [-0.2, 0) is 6.54 Å². The predicted octanol–water partition coefficient (Wildman–Crippen LogP) is 1.73. The molecule has 90 valence electrons. The molecular weight excluding hydrogens is 220 g/mol. The quantitative estimate of drug-likeness (QED) is 0.793. The highest BCUT2D eigenvalue weighted by Crippen LogP contribution is 2.08.